The quantitative estimate of drug-likeness (QED) is 0.149. The van der Waals surface area contributed by atoms with Gasteiger partial charge in [0.1, 0.15) is 21.2 Å². The van der Waals surface area contributed by atoms with Crippen molar-refractivity contribution >= 4 is 107 Å². The van der Waals surface area contributed by atoms with E-state index in [0.717, 1.165) is 94.2 Å². The molecular formula is C69H61BN4OS. The Bertz CT molecular complexity index is 3950. The van der Waals surface area contributed by atoms with Gasteiger partial charge < -0.3 is 19.1 Å². The maximum Gasteiger partial charge on any atom is 0.276 e. The SMILES string of the molecule is CC(C)(C)c1ccc(-c2nc3c(s2)N(c2ccc4oc5ccc(-c6ccccc6)cc5c4c2)c2cc(C(C)(C)C)cc4c2B3c2ccc(N(c3ccccc3)c3ccccc3)cc2N4c2ccc(C(C)(C)C)cc2)cc1. The van der Waals surface area contributed by atoms with E-state index in [1.165, 1.54) is 33.2 Å². The molecule has 0 saturated heterocycles. The topological polar surface area (TPSA) is 35.8 Å². The molecule has 9 aromatic carbocycles. The molecule has 0 radical (unpaired) electrons. The average Bonchev–Trinajstić information content (AvgIpc) is 4.18. The fraction of sp³-hybridized carbons (Fsp3) is 0.174. The maximum absolute atomic E-state index is 6.62. The molecule has 0 spiro atoms. The summed E-state index contributed by atoms with van der Waals surface area (Å²) < 4.78 is 6.62. The van der Waals surface area contributed by atoms with Crippen LogP contribution in [0.15, 0.2) is 211 Å². The molecule has 5 nitrogen and oxygen atoms in total. The van der Waals surface area contributed by atoms with Gasteiger partial charge in [-0.25, -0.2) is 4.98 Å². The summed E-state index contributed by atoms with van der Waals surface area (Å²) in [5.74, 6) is 0. The molecule has 0 atom stereocenters. The monoisotopic (exact) mass is 1000 g/mol. The van der Waals surface area contributed by atoms with Crippen molar-refractivity contribution in [3.8, 4) is 21.7 Å². The molecule has 0 aliphatic carbocycles. The van der Waals surface area contributed by atoms with Crippen LogP contribution in [0.25, 0.3) is 43.6 Å². The van der Waals surface area contributed by atoms with E-state index in [2.05, 4.69) is 283 Å². The number of hydrogen-bond acceptors (Lipinski definition) is 6. The summed E-state index contributed by atoms with van der Waals surface area (Å²) in [6, 6.07) is 75.9. The molecule has 0 bridgehead atoms. The lowest BCUT2D eigenvalue weighted by molar-refractivity contribution is 0.590. The standard InChI is InChI=1S/C69H61BN4OS/c1-67(2,3)47-28-25-45(26-29-47)65-71-64-66(76-65)74(53-35-38-62-56(42-53)55-39-46(27-37-61(55)75-62)44-19-13-10-14-20-44)60-41-49(69(7,8)9)40-59-63(60)70(64)57-36-34-54(72(50-21-15-11-16-22-50)51-23-17-12-18-24-51)43-58(57)73(59)52-32-30-48(31-33-52)68(4,5)6/h10-43H,1-9H3. The molecule has 0 fully saturated rings. The molecule has 7 heteroatoms. The van der Waals surface area contributed by atoms with E-state index in [9.17, 15) is 0 Å². The smallest absolute Gasteiger partial charge is 0.276 e. The maximum atomic E-state index is 6.62. The van der Waals surface area contributed by atoms with Gasteiger partial charge in [0.05, 0.1) is 5.59 Å². The number of anilines is 9. The average molecular weight is 1010 g/mol. The van der Waals surface area contributed by atoms with Crippen LogP contribution in [0.1, 0.15) is 79.0 Å². The van der Waals surface area contributed by atoms with E-state index in [-0.39, 0.29) is 23.0 Å². The van der Waals surface area contributed by atoms with Crippen LogP contribution < -0.4 is 31.2 Å². The van der Waals surface area contributed by atoms with Gasteiger partial charge in [-0.3, -0.25) is 0 Å². The second-order valence-corrected chi connectivity index (χ2v) is 24.7. The van der Waals surface area contributed by atoms with Crippen LogP contribution >= 0.6 is 11.3 Å². The van der Waals surface area contributed by atoms with Crippen LogP contribution in [0, 0.1) is 0 Å². The van der Waals surface area contributed by atoms with Gasteiger partial charge in [-0.2, -0.15) is 0 Å². The van der Waals surface area contributed by atoms with Gasteiger partial charge in [0.25, 0.3) is 6.71 Å². The first-order valence-electron chi connectivity index (χ1n) is 26.6. The van der Waals surface area contributed by atoms with Crippen molar-refractivity contribution in [1.29, 1.82) is 0 Å². The summed E-state index contributed by atoms with van der Waals surface area (Å²) in [7, 11) is 0. The van der Waals surface area contributed by atoms with E-state index in [0.29, 0.717) is 0 Å². The molecular weight excluding hydrogens is 944 g/mol. The molecule has 0 N–H and O–H groups in total. The summed E-state index contributed by atoms with van der Waals surface area (Å²) in [5, 5.41) is 4.30. The number of nitrogens with zero attached hydrogens (tertiary/aromatic N) is 4. The van der Waals surface area contributed by atoms with Crippen LogP contribution in [-0.2, 0) is 16.2 Å². The van der Waals surface area contributed by atoms with Gasteiger partial charge in [-0.1, -0.05) is 189 Å². The third-order valence-corrected chi connectivity index (χ3v) is 16.6. The lowest BCUT2D eigenvalue weighted by Gasteiger charge is -2.44. The van der Waals surface area contributed by atoms with Crippen molar-refractivity contribution in [3.63, 3.8) is 0 Å². The Labute approximate surface area is 451 Å². The number of furan rings is 1. The van der Waals surface area contributed by atoms with E-state index in [4.69, 9.17) is 9.40 Å². The summed E-state index contributed by atoms with van der Waals surface area (Å²) in [5.41, 5.74) is 21.3. The first-order valence-corrected chi connectivity index (χ1v) is 27.5. The number of thiazole rings is 1. The minimum atomic E-state index is -0.194. The Morgan fingerprint density at radius 3 is 1.57 bits per heavy atom. The van der Waals surface area contributed by atoms with Crippen molar-refractivity contribution in [2.75, 3.05) is 14.7 Å². The third-order valence-electron chi connectivity index (χ3n) is 15.5. The molecule has 2 aliphatic rings. The third kappa shape index (κ3) is 8.11. The number of fused-ring (bicyclic) bond motifs is 7. The van der Waals surface area contributed by atoms with E-state index in [1.54, 1.807) is 11.3 Å². The molecule has 4 heterocycles. The number of benzene rings is 9. The molecule has 2 aliphatic heterocycles. The summed E-state index contributed by atoms with van der Waals surface area (Å²) in [6.07, 6.45) is 0. The van der Waals surface area contributed by atoms with E-state index < -0.39 is 0 Å². The number of rotatable bonds is 7. The van der Waals surface area contributed by atoms with Crippen LogP contribution in [-0.4, -0.2) is 11.7 Å². The fourth-order valence-electron chi connectivity index (χ4n) is 11.4. The van der Waals surface area contributed by atoms with Gasteiger partial charge in [0, 0.05) is 61.8 Å². The van der Waals surface area contributed by atoms with Crippen molar-refractivity contribution in [2.24, 2.45) is 0 Å². The van der Waals surface area contributed by atoms with E-state index >= 15 is 0 Å². The molecule has 0 amide bonds. The number of hydrogen-bond donors (Lipinski definition) is 0. The number of para-hydroxylation sites is 2. The highest BCUT2D eigenvalue weighted by Gasteiger charge is 2.47. The Morgan fingerprint density at radius 1 is 0.434 bits per heavy atom. The highest BCUT2D eigenvalue weighted by atomic mass is 32.1. The minimum Gasteiger partial charge on any atom is -0.456 e. The first-order chi connectivity index (χ1) is 36.6. The number of aromatic nitrogens is 1. The molecule has 2 aromatic heterocycles. The van der Waals surface area contributed by atoms with Crippen LogP contribution in [0.5, 0.6) is 0 Å². The van der Waals surface area contributed by atoms with Crippen molar-refractivity contribution in [3.05, 3.63) is 223 Å². The second kappa shape index (κ2) is 17.7. The Morgan fingerprint density at radius 2 is 0.961 bits per heavy atom. The zero-order valence-electron chi connectivity index (χ0n) is 44.8. The molecule has 13 rings (SSSR count). The van der Waals surface area contributed by atoms with Gasteiger partial charge in [0.15, 0.2) is 0 Å². The Kier molecular flexibility index (Phi) is 11.1. The Hall–Kier alpha value is -8.13. The van der Waals surface area contributed by atoms with Gasteiger partial charge >= 0.3 is 0 Å². The Balaban J connectivity index is 1.09. The summed E-state index contributed by atoms with van der Waals surface area (Å²) in [6.45, 7) is 20.5. The van der Waals surface area contributed by atoms with Crippen molar-refractivity contribution in [1.82, 2.24) is 4.98 Å². The molecule has 0 unspecified atom stereocenters. The van der Waals surface area contributed by atoms with Crippen LogP contribution in [0.4, 0.5) is 50.5 Å². The molecule has 0 saturated carbocycles. The molecule has 372 valence electrons. The lowest BCUT2D eigenvalue weighted by atomic mass is 9.35. The van der Waals surface area contributed by atoms with Gasteiger partial charge in [-0.15, -0.1) is 0 Å². The zero-order valence-corrected chi connectivity index (χ0v) is 45.6. The van der Waals surface area contributed by atoms with Crippen molar-refractivity contribution in [2.45, 2.75) is 78.6 Å². The lowest BCUT2D eigenvalue weighted by Crippen LogP contribution is -2.61. The van der Waals surface area contributed by atoms with Crippen LogP contribution in [0.2, 0.25) is 0 Å². The second-order valence-electron chi connectivity index (χ2n) is 23.7. The van der Waals surface area contributed by atoms with Gasteiger partial charge in [-0.05, 0) is 146 Å². The minimum absolute atomic E-state index is 0.00932. The molecule has 76 heavy (non-hydrogen) atoms. The molecule has 11 aromatic rings. The van der Waals surface area contributed by atoms with Crippen molar-refractivity contribution < 1.29 is 4.42 Å². The highest BCUT2D eigenvalue weighted by Crippen LogP contribution is 2.50. The summed E-state index contributed by atoms with van der Waals surface area (Å²) >= 11 is 1.79. The largest absolute Gasteiger partial charge is 0.456 e. The summed E-state index contributed by atoms with van der Waals surface area (Å²) in [4.78, 5) is 13.3. The zero-order chi connectivity index (χ0) is 52.3. The predicted octanol–water partition coefficient (Wildman–Crippen LogP) is 17.8. The first kappa shape index (κ1) is 47.6. The van der Waals surface area contributed by atoms with Gasteiger partial charge in [0.2, 0.25) is 0 Å². The fourth-order valence-corrected chi connectivity index (χ4v) is 12.5. The van der Waals surface area contributed by atoms with Crippen LogP contribution in [0.3, 0.4) is 0 Å². The van der Waals surface area contributed by atoms with E-state index in [1.807, 2.05) is 0 Å². The predicted molar refractivity (Wildman–Crippen MR) is 325 cm³/mol. The highest BCUT2D eigenvalue weighted by molar-refractivity contribution is 7.22. The normalized spacial score (nSPS) is 13.2.